The summed E-state index contributed by atoms with van der Waals surface area (Å²) in [5, 5.41) is 9.17. The number of halogens is 1. The van der Waals surface area contributed by atoms with Gasteiger partial charge in [-0.1, -0.05) is 23.9 Å². The van der Waals surface area contributed by atoms with Crippen LogP contribution in [0.4, 0.5) is 0 Å². The molecule has 0 heterocycles. The van der Waals surface area contributed by atoms with E-state index in [4.69, 9.17) is 5.11 Å². The fourth-order valence-electron chi connectivity index (χ4n) is 1.17. The van der Waals surface area contributed by atoms with E-state index in [1.807, 2.05) is 24.3 Å². The maximum Gasteiger partial charge on any atom is 0.115 e. The average Bonchev–Trinajstić information content (AvgIpc) is 2.25. The molecule has 76 valence electrons. The van der Waals surface area contributed by atoms with Gasteiger partial charge in [0.25, 0.3) is 0 Å². The lowest BCUT2D eigenvalue weighted by atomic mass is 10.3. The Morgan fingerprint density at radius 2 is 1.60 bits per heavy atom. The maximum atomic E-state index is 9.17. The standard InChI is InChI=1S/C12H9IOS/c13-11-3-1-2-4-12(11)15-10-7-5-9(14)6-8-10/h1-8,14H. The van der Waals surface area contributed by atoms with Gasteiger partial charge < -0.3 is 5.11 Å². The Balaban J connectivity index is 2.22. The van der Waals surface area contributed by atoms with E-state index < -0.39 is 0 Å². The van der Waals surface area contributed by atoms with Crippen molar-refractivity contribution in [1.29, 1.82) is 0 Å². The minimum absolute atomic E-state index is 0.308. The highest BCUT2D eigenvalue weighted by atomic mass is 127. The molecule has 2 aromatic rings. The molecule has 1 N–H and O–H groups in total. The van der Waals surface area contributed by atoms with E-state index in [0.29, 0.717) is 5.75 Å². The van der Waals surface area contributed by atoms with E-state index in [1.54, 1.807) is 23.9 Å². The first-order valence-corrected chi connectivity index (χ1v) is 6.36. The molecule has 0 bridgehead atoms. The molecule has 0 saturated carbocycles. The minimum atomic E-state index is 0.308. The summed E-state index contributed by atoms with van der Waals surface area (Å²) in [7, 11) is 0. The third-order valence-corrected chi connectivity index (χ3v) is 4.29. The van der Waals surface area contributed by atoms with Gasteiger partial charge in [0, 0.05) is 13.4 Å². The maximum absolute atomic E-state index is 9.17. The van der Waals surface area contributed by atoms with Crippen LogP contribution in [0.1, 0.15) is 0 Å². The second-order valence-corrected chi connectivity index (χ2v) is 5.30. The molecular formula is C12H9IOS. The number of phenolic OH excluding ortho intramolecular Hbond substituents is 1. The van der Waals surface area contributed by atoms with Crippen LogP contribution in [0.5, 0.6) is 5.75 Å². The lowest BCUT2D eigenvalue weighted by Crippen LogP contribution is -1.77. The van der Waals surface area contributed by atoms with Gasteiger partial charge in [-0.15, -0.1) is 0 Å². The zero-order valence-electron chi connectivity index (χ0n) is 7.85. The van der Waals surface area contributed by atoms with E-state index in [2.05, 4.69) is 34.7 Å². The fourth-order valence-corrected chi connectivity index (χ4v) is 2.72. The largest absolute Gasteiger partial charge is 0.508 e. The first-order chi connectivity index (χ1) is 7.25. The normalized spacial score (nSPS) is 10.2. The molecule has 0 atom stereocenters. The third kappa shape index (κ3) is 2.89. The lowest BCUT2D eigenvalue weighted by Gasteiger charge is -2.03. The van der Waals surface area contributed by atoms with Crippen LogP contribution in [0.15, 0.2) is 58.3 Å². The Morgan fingerprint density at radius 1 is 0.933 bits per heavy atom. The molecule has 0 radical (unpaired) electrons. The molecule has 1 nitrogen and oxygen atoms in total. The van der Waals surface area contributed by atoms with Crippen molar-refractivity contribution in [3.05, 3.63) is 52.1 Å². The van der Waals surface area contributed by atoms with E-state index >= 15 is 0 Å². The number of benzene rings is 2. The highest BCUT2D eigenvalue weighted by Gasteiger charge is 2.00. The van der Waals surface area contributed by atoms with Gasteiger partial charge in [0.1, 0.15) is 5.75 Å². The van der Waals surface area contributed by atoms with Gasteiger partial charge in [0.15, 0.2) is 0 Å². The summed E-state index contributed by atoms with van der Waals surface area (Å²) in [5.41, 5.74) is 0. The fraction of sp³-hybridized carbons (Fsp3) is 0. The van der Waals surface area contributed by atoms with Crippen LogP contribution < -0.4 is 0 Å². The van der Waals surface area contributed by atoms with E-state index in [1.165, 1.54) is 8.47 Å². The zero-order valence-corrected chi connectivity index (χ0v) is 10.8. The molecule has 2 rings (SSSR count). The number of phenols is 1. The van der Waals surface area contributed by atoms with Crippen LogP contribution in [0.25, 0.3) is 0 Å². The molecule has 0 aliphatic heterocycles. The highest BCUT2D eigenvalue weighted by molar-refractivity contribution is 14.1. The Morgan fingerprint density at radius 3 is 2.27 bits per heavy atom. The SMILES string of the molecule is Oc1ccc(Sc2ccccc2I)cc1. The van der Waals surface area contributed by atoms with Crippen LogP contribution in [0.3, 0.4) is 0 Å². The molecule has 0 fully saturated rings. The Kier molecular flexibility index (Phi) is 3.53. The molecule has 0 aliphatic carbocycles. The van der Waals surface area contributed by atoms with Gasteiger partial charge in [-0.3, -0.25) is 0 Å². The second kappa shape index (κ2) is 4.90. The van der Waals surface area contributed by atoms with Crippen molar-refractivity contribution < 1.29 is 5.11 Å². The van der Waals surface area contributed by atoms with Crippen LogP contribution >= 0.6 is 34.4 Å². The van der Waals surface area contributed by atoms with Crippen LogP contribution in [0, 0.1) is 3.57 Å². The first kappa shape index (κ1) is 10.8. The Bertz CT molecular complexity index is 453. The average molecular weight is 328 g/mol. The summed E-state index contributed by atoms with van der Waals surface area (Å²) >= 11 is 4.03. The summed E-state index contributed by atoms with van der Waals surface area (Å²) in [4.78, 5) is 2.38. The Labute approximate surface area is 107 Å². The summed E-state index contributed by atoms with van der Waals surface area (Å²) in [6.45, 7) is 0. The van der Waals surface area contributed by atoms with Gasteiger partial charge in [0.05, 0.1) is 0 Å². The predicted molar refractivity (Wildman–Crippen MR) is 71.4 cm³/mol. The highest BCUT2D eigenvalue weighted by Crippen LogP contribution is 2.31. The van der Waals surface area contributed by atoms with Gasteiger partial charge in [-0.05, 0) is 59.0 Å². The third-order valence-electron chi connectivity index (χ3n) is 1.90. The van der Waals surface area contributed by atoms with Crippen LogP contribution in [-0.2, 0) is 0 Å². The monoisotopic (exact) mass is 328 g/mol. The number of hydrogen-bond donors (Lipinski definition) is 1. The quantitative estimate of drug-likeness (QED) is 0.836. The van der Waals surface area contributed by atoms with Crippen molar-refractivity contribution in [2.45, 2.75) is 9.79 Å². The smallest absolute Gasteiger partial charge is 0.115 e. The van der Waals surface area contributed by atoms with Crippen molar-refractivity contribution in [2.24, 2.45) is 0 Å². The molecule has 0 aliphatic rings. The second-order valence-electron chi connectivity index (χ2n) is 3.03. The van der Waals surface area contributed by atoms with Crippen molar-refractivity contribution in [3.8, 4) is 5.75 Å². The van der Waals surface area contributed by atoms with Crippen molar-refractivity contribution >= 4 is 34.4 Å². The van der Waals surface area contributed by atoms with Crippen molar-refractivity contribution in [1.82, 2.24) is 0 Å². The molecule has 2 aromatic carbocycles. The molecule has 0 spiro atoms. The topological polar surface area (TPSA) is 20.2 Å². The summed E-state index contributed by atoms with van der Waals surface area (Å²) in [6.07, 6.45) is 0. The molecule has 0 aromatic heterocycles. The minimum Gasteiger partial charge on any atom is -0.508 e. The molecule has 0 amide bonds. The molecule has 0 saturated heterocycles. The summed E-state index contributed by atoms with van der Waals surface area (Å²) < 4.78 is 1.24. The van der Waals surface area contributed by atoms with E-state index in [0.717, 1.165) is 4.90 Å². The van der Waals surface area contributed by atoms with E-state index in [9.17, 15) is 0 Å². The van der Waals surface area contributed by atoms with E-state index in [-0.39, 0.29) is 0 Å². The predicted octanol–water partition coefficient (Wildman–Crippen LogP) is 4.15. The number of hydrogen-bond acceptors (Lipinski definition) is 2. The first-order valence-electron chi connectivity index (χ1n) is 4.47. The Hall–Kier alpha value is -0.680. The van der Waals surface area contributed by atoms with Gasteiger partial charge in [-0.2, -0.15) is 0 Å². The van der Waals surface area contributed by atoms with Crippen molar-refractivity contribution in [2.75, 3.05) is 0 Å². The summed E-state index contributed by atoms with van der Waals surface area (Å²) in [6, 6.07) is 15.5. The molecule has 0 unspecified atom stereocenters. The molecule has 15 heavy (non-hydrogen) atoms. The summed E-state index contributed by atoms with van der Waals surface area (Å²) in [5.74, 6) is 0.308. The lowest BCUT2D eigenvalue weighted by molar-refractivity contribution is 0.475. The zero-order chi connectivity index (χ0) is 10.7. The molecular weight excluding hydrogens is 319 g/mol. The van der Waals surface area contributed by atoms with Crippen molar-refractivity contribution in [3.63, 3.8) is 0 Å². The number of rotatable bonds is 2. The van der Waals surface area contributed by atoms with Crippen LogP contribution in [-0.4, -0.2) is 5.11 Å². The van der Waals surface area contributed by atoms with Gasteiger partial charge >= 0.3 is 0 Å². The molecule has 3 heteroatoms. The van der Waals surface area contributed by atoms with Gasteiger partial charge in [-0.25, -0.2) is 0 Å². The number of aromatic hydroxyl groups is 1. The van der Waals surface area contributed by atoms with Gasteiger partial charge in [0.2, 0.25) is 0 Å². The van der Waals surface area contributed by atoms with Crippen LogP contribution in [0.2, 0.25) is 0 Å².